The number of carbonyl (C=O) groups is 2. The number of esters is 1. The van der Waals surface area contributed by atoms with E-state index >= 15 is 0 Å². The summed E-state index contributed by atoms with van der Waals surface area (Å²) in [5.41, 5.74) is 0.290. The Bertz CT molecular complexity index is 881. The van der Waals surface area contributed by atoms with Gasteiger partial charge in [-0.1, -0.05) is 12.1 Å². The summed E-state index contributed by atoms with van der Waals surface area (Å²) in [5, 5.41) is 0.858. The first-order valence-corrected chi connectivity index (χ1v) is 10.6. The first kappa shape index (κ1) is 24.0. The van der Waals surface area contributed by atoms with Gasteiger partial charge in [-0.2, -0.15) is 0 Å². The van der Waals surface area contributed by atoms with Gasteiger partial charge in [-0.3, -0.25) is 0 Å². The molecule has 30 heavy (non-hydrogen) atoms. The number of hydrogen-bond acceptors (Lipinski definition) is 8. The van der Waals surface area contributed by atoms with E-state index in [9.17, 15) is 14.1 Å². The van der Waals surface area contributed by atoms with E-state index in [1.807, 2.05) is 0 Å². The predicted octanol–water partition coefficient (Wildman–Crippen LogP) is 4.02. The number of furan rings is 1. The minimum atomic E-state index is -1.59. The number of benzene rings is 1. The van der Waals surface area contributed by atoms with Crippen molar-refractivity contribution in [1.29, 1.82) is 0 Å². The molecule has 1 aromatic heterocycles. The Hall–Kier alpha value is -2.23. The van der Waals surface area contributed by atoms with Crippen LogP contribution in [-0.2, 0) is 30.4 Å². The molecule has 1 aromatic carbocycles. The Kier molecular flexibility index (Phi) is 7.44. The fourth-order valence-corrected chi connectivity index (χ4v) is 3.35. The van der Waals surface area contributed by atoms with Gasteiger partial charge in [0.2, 0.25) is 6.10 Å². The summed E-state index contributed by atoms with van der Waals surface area (Å²) in [6.07, 6.45) is -0.937. The molecule has 0 aliphatic rings. The molecule has 0 bridgehead atoms. The fourth-order valence-electron chi connectivity index (χ4n) is 2.51. The van der Waals surface area contributed by atoms with Crippen LogP contribution in [0.1, 0.15) is 53.1 Å². The van der Waals surface area contributed by atoms with E-state index in [0.717, 1.165) is 5.39 Å². The van der Waals surface area contributed by atoms with Crippen molar-refractivity contribution >= 4 is 34.5 Å². The Labute approximate surface area is 179 Å². The van der Waals surface area contributed by atoms with E-state index in [4.69, 9.17) is 18.6 Å². The highest BCUT2D eigenvalue weighted by Gasteiger charge is 2.41. The second-order valence-electron chi connectivity index (χ2n) is 8.72. The lowest BCUT2D eigenvalue weighted by atomic mass is 10.0. The van der Waals surface area contributed by atoms with Crippen LogP contribution in [0.25, 0.3) is 11.0 Å². The largest absolute Gasteiger partial charge is 0.598 e. The van der Waals surface area contributed by atoms with Gasteiger partial charge in [-0.15, -0.1) is 4.72 Å². The zero-order valence-corrected chi connectivity index (χ0v) is 19.1. The van der Waals surface area contributed by atoms with Crippen molar-refractivity contribution < 1.29 is 32.8 Å². The van der Waals surface area contributed by atoms with Gasteiger partial charge in [0.05, 0.1) is 13.4 Å². The Balaban J connectivity index is 2.45. The standard InChI is InChI=1S/C21H29NO7S/c1-20(2,3)29-19(24)28-17(18(23)26-7)16(22-30(25)21(4,5)6)14-9-8-13-10-11-27-15(13)12-14/h8-12,16-17,22H,1-7H3/t16-,17+,30+/m1/s1. The average molecular weight is 440 g/mol. The molecule has 2 rings (SSSR count). The quantitative estimate of drug-likeness (QED) is 0.531. The zero-order valence-electron chi connectivity index (χ0n) is 18.3. The molecule has 0 radical (unpaired) electrons. The highest BCUT2D eigenvalue weighted by Crippen LogP contribution is 2.29. The molecule has 0 spiro atoms. The summed E-state index contributed by atoms with van der Waals surface area (Å²) >= 11 is -1.59. The third kappa shape index (κ3) is 6.38. The molecule has 9 heteroatoms. The summed E-state index contributed by atoms with van der Waals surface area (Å²) in [5.74, 6) is -0.816. The molecule has 0 saturated heterocycles. The zero-order chi connectivity index (χ0) is 22.7. The van der Waals surface area contributed by atoms with Crippen LogP contribution in [0, 0.1) is 0 Å². The van der Waals surface area contributed by atoms with Crippen molar-refractivity contribution in [3.63, 3.8) is 0 Å². The minimum absolute atomic E-state index is 0.536. The highest BCUT2D eigenvalue weighted by molar-refractivity contribution is 7.90. The third-order valence-corrected chi connectivity index (χ3v) is 5.56. The first-order chi connectivity index (χ1) is 13.8. The maximum Gasteiger partial charge on any atom is 0.509 e. The normalized spacial score (nSPS) is 15.3. The molecule has 0 aliphatic carbocycles. The number of rotatable bonds is 6. The SMILES string of the molecule is COC(=O)[C@@H](OC(=O)OC(C)(C)C)[C@H](N[S@@+]([O-])C(C)(C)C)c1ccc2ccoc2c1. The van der Waals surface area contributed by atoms with Crippen LogP contribution >= 0.6 is 0 Å². The number of methoxy groups -OCH3 is 1. The molecule has 0 aliphatic heterocycles. The van der Waals surface area contributed by atoms with Crippen LogP contribution < -0.4 is 4.72 Å². The van der Waals surface area contributed by atoms with Crippen LogP contribution in [0.2, 0.25) is 0 Å². The summed E-state index contributed by atoms with van der Waals surface area (Å²) in [4.78, 5) is 24.9. The van der Waals surface area contributed by atoms with Crippen molar-refractivity contribution in [3.05, 3.63) is 36.1 Å². The molecule has 8 nitrogen and oxygen atoms in total. The summed E-state index contributed by atoms with van der Waals surface area (Å²) in [7, 11) is 1.18. The van der Waals surface area contributed by atoms with E-state index in [2.05, 4.69) is 4.72 Å². The lowest BCUT2D eigenvalue weighted by Crippen LogP contribution is -2.48. The number of fused-ring (bicyclic) bond motifs is 1. The number of ether oxygens (including phenoxy) is 3. The molecule has 2 aromatic rings. The minimum Gasteiger partial charge on any atom is -0.598 e. The molecule has 0 unspecified atom stereocenters. The Morgan fingerprint density at radius 3 is 2.37 bits per heavy atom. The summed E-state index contributed by atoms with van der Waals surface area (Å²) in [6, 6.07) is 6.05. The predicted molar refractivity (Wildman–Crippen MR) is 113 cm³/mol. The number of nitrogens with one attached hydrogen (secondary N) is 1. The van der Waals surface area contributed by atoms with Crippen molar-refractivity contribution in [2.24, 2.45) is 0 Å². The second-order valence-corrected chi connectivity index (χ2v) is 10.7. The molecular formula is C21H29NO7S. The van der Waals surface area contributed by atoms with Gasteiger partial charge in [0.1, 0.15) is 22.0 Å². The Morgan fingerprint density at radius 2 is 1.80 bits per heavy atom. The number of hydrogen-bond donors (Lipinski definition) is 1. The third-order valence-electron chi connectivity index (χ3n) is 3.98. The van der Waals surface area contributed by atoms with Gasteiger partial charge in [0, 0.05) is 16.7 Å². The van der Waals surface area contributed by atoms with Crippen molar-refractivity contribution in [1.82, 2.24) is 4.72 Å². The molecular weight excluding hydrogens is 410 g/mol. The van der Waals surface area contributed by atoms with Gasteiger partial charge < -0.3 is 23.2 Å². The molecule has 166 valence electrons. The van der Waals surface area contributed by atoms with Crippen LogP contribution in [0.4, 0.5) is 4.79 Å². The summed E-state index contributed by atoms with van der Waals surface area (Å²) in [6.45, 7) is 10.4. The van der Waals surface area contributed by atoms with Gasteiger partial charge in [-0.25, -0.2) is 9.59 Å². The maximum atomic E-state index is 12.8. The van der Waals surface area contributed by atoms with Crippen molar-refractivity contribution in [2.45, 2.75) is 64.0 Å². The van der Waals surface area contributed by atoms with Gasteiger partial charge in [0.15, 0.2) is 0 Å². The topological polar surface area (TPSA) is 110 Å². The first-order valence-electron chi connectivity index (χ1n) is 9.44. The van der Waals surface area contributed by atoms with E-state index in [1.165, 1.54) is 7.11 Å². The van der Waals surface area contributed by atoms with Gasteiger partial charge >= 0.3 is 12.1 Å². The van der Waals surface area contributed by atoms with Crippen molar-refractivity contribution in [3.8, 4) is 0 Å². The highest BCUT2D eigenvalue weighted by atomic mass is 32.2. The average Bonchev–Trinajstić information content (AvgIpc) is 3.09. The summed E-state index contributed by atoms with van der Waals surface area (Å²) < 4.78 is 35.9. The molecule has 1 N–H and O–H groups in total. The fraction of sp³-hybridized carbons (Fsp3) is 0.524. The van der Waals surface area contributed by atoms with Gasteiger partial charge in [0.25, 0.3) is 0 Å². The van der Waals surface area contributed by atoms with Crippen LogP contribution in [-0.4, -0.2) is 40.2 Å². The van der Waals surface area contributed by atoms with E-state index in [0.29, 0.717) is 11.1 Å². The van der Waals surface area contributed by atoms with E-state index in [-0.39, 0.29) is 0 Å². The van der Waals surface area contributed by atoms with E-state index < -0.39 is 46.0 Å². The van der Waals surface area contributed by atoms with Crippen LogP contribution in [0.15, 0.2) is 34.9 Å². The lowest BCUT2D eigenvalue weighted by Gasteiger charge is -2.31. The van der Waals surface area contributed by atoms with Gasteiger partial charge in [-0.05, 0) is 59.2 Å². The molecule has 1 heterocycles. The molecule has 3 atom stereocenters. The van der Waals surface area contributed by atoms with Crippen LogP contribution in [0.3, 0.4) is 0 Å². The molecule has 0 fully saturated rings. The Morgan fingerprint density at radius 1 is 1.13 bits per heavy atom. The lowest BCUT2D eigenvalue weighted by molar-refractivity contribution is -0.154. The molecule has 0 saturated carbocycles. The van der Waals surface area contributed by atoms with Crippen LogP contribution in [0.5, 0.6) is 0 Å². The van der Waals surface area contributed by atoms with E-state index in [1.54, 1.807) is 72.1 Å². The molecule has 0 amide bonds. The monoisotopic (exact) mass is 439 g/mol. The maximum absolute atomic E-state index is 12.8. The smallest absolute Gasteiger partial charge is 0.509 e. The second kappa shape index (κ2) is 9.28. The number of carbonyl (C=O) groups excluding carboxylic acids is 2. The van der Waals surface area contributed by atoms with Crippen molar-refractivity contribution in [2.75, 3.05) is 7.11 Å².